The van der Waals surface area contributed by atoms with Crippen LogP contribution in [0, 0.1) is 0 Å². The summed E-state index contributed by atoms with van der Waals surface area (Å²) in [6, 6.07) is 20.2. The molecule has 1 amide bonds. The summed E-state index contributed by atoms with van der Waals surface area (Å²) in [4.78, 5) is 32.0. The minimum Gasteiger partial charge on any atom is -0.370 e. The number of piperidine rings is 1. The number of hydrazine groups is 1. The Balaban J connectivity index is 0.997. The van der Waals surface area contributed by atoms with Gasteiger partial charge in [0.15, 0.2) is 5.82 Å². The molecule has 5 aromatic rings. The molecule has 5 heterocycles. The Morgan fingerprint density at radius 2 is 1.77 bits per heavy atom. The first kappa shape index (κ1) is 27.3. The van der Waals surface area contributed by atoms with Crippen LogP contribution in [-0.4, -0.2) is 58.1 Å². The van der Waals surface area contributed by atoms with E-state index in [0.717, 1.165) is 66.9 Å². The highest BCUT2D eigenvalue weighted by atomic mass is 35.5. The maximum absolute atomic E-state index is 13.1. The van der Waals surface area contributed by atoms with Gasteiger partial charge in [-0.15, -0.1) is 0 Å². The van der Waals surface area contributed by atoms with Gasteiger partial charge in [0.2, 0.25) is 0 Å². The van der Waals surface area contributed by atoms with Crippen LogP contribution in [-0.2, 0) is 0 Å². The number of carbonyl (C=O) groups is 1. The van der Waals surface area contributed by atoms with Gasteiger partial charge in [-0.2, -0.15) is 0 Å². The third kappa shape index (κ3) is 6.03. The molecule has 0 atom stereocenters. The fourth-order valence-corrected chi connectivity index (χ4v) is 6.03. The first-order valence-corrected chi connectivity index (χ1v) is 14.9. The number of benzene rings is 2. The van der Waals surface area contributed by atoms with E-state index in [9.17, 15) is 4.79 Å². The first-order valence-electron chi connectivity index (χ1n) is 14.5. The van der Waals surface area contributed by atoms with E-state index in [4.69, 9.17) is 16.6 Å². The summed E-state index contributed by atoms with van der Waals surface area (Å²) in [5.74, 6) is 1.69. The van der Waals surface area contributed by atoms with Gasteiger partial charge in [-0.25, -0.2) is 9.97 Å². The number of anilines is 3. The summed E-state index contributed by atoms with van der Waals surface area (Å²) in [6.45, 7) is 3.50. The highest BCUT2D eigenvalue weighted by Gasteiger charge is 2.23. The Kier molecular flexibility index (Phi) is 7.63. The maximum atomic E-state index is 13.1. The lowest BCUT2D eigenvalue weighted by atomic mass is 10.0. The standard InChI is InChI=1S/C32H32ClN9O/c33-26-19-34-11-7-29(26)42-13-9-25(10-14-42)39-32(43)28-15-21-1-2-22(16-27(21)40-28)31-35-12-8-30(41-31)38-24-5-3-20(4-6-24)23-17-36-37-18-23/h1-8,11-12,15-16,19,23,25,36-37,40H,9-10,13-14,17-18H2,(H,39,43)(H,35,38,41). The van der Waals surface area contributed by atoms with Crippen LogP contribution in [0.5, 0.6) is 0 Å². The predicted molar refractivity (Wildman–Crippen MR) is 170 cm³/mol. The van der Waals surface area contributed by atoms with E-state index in [1.54, 1.807) is 18.6 Å². The molecule has 2 saturated heterocycles. The van der Waals surface area contributed by atoms with E-state index in [-0.39, 0.29) is 11.9 Å². The van der Waals surface area contributed by atoms with Crippen LogP contribution in [0.4, 0.5) is 17.2 Å². The molecular formula is C32H32ClN9O. The van der Waals surface area contributed by atoms with Gasteiger partial charge in [0.1, 0.15) is 11.5 Å². The smallest absolute Gasteiger partial charge is 0.267 e. The average molecular weight is 594 g/mol. The van der Waals surface area contributed by atoms with Crippen LogP contribution in [0.25, 0.3) is 22.3 Å². The molecule has 0 unspecified atom stereocenters. The minimum absolute atomic E-state index is 0.0999. The van der Waals surface area contributed by atoms with Gasteiger partial charge in [0.25, 0.3) is 5.91 Å². The quantitative estimate of drug-likeness (QED) is 0.179. The number of hydrogen-bond acceptors (Lipinski definition) is 8. The fraction of sp³-hybridized carbons (Fsp3) is 0.250. The van der Waals surface area contributed by atoms with Gasteiger partial charge in [0.05, 0.1) is 10.7 Å². The number of carbonyl (C=O) groups excluding carboxylic acids is 1. The Labute approximate surface area is 254 Å². The number of nitrogens with zero attached hydrogens (tertiary/aromatic N) is 4. The second-order valence-electron chi connectivity index (χ2n) is 11.0. The summed E-state index contributed by atoms with van der Waals surface area (Å²) in [6.07, 6.45) is 6.86. The van der Waals surface area contributed by atoms with E-state index in [1.807, 2.05) is 36.4 Å². The molecule has 7 rings (SSSR count). The fourth-order valence-electron chi connectivity index (χ4n) is 5.79. The minimum atomic E-state index is -0.105. The van der Waals surface area contributed by atoms with Crippen molar-refractivity contribution in [3.63, 3.8) is 0 Å². The average Bonchev–Trinajstić information content (AvgIpc) is 3.73. The van der Waals surface area contributed by atoms with Crippen molar-refractivity contribution in [2.45, 2.75) is 24.8 Å². The number of H-pyrrole nitrogens is 1. The molecule has 0 aliphatic carbocycles. The summed E-state index contributed by atoms with van der Waals surface area (Å²) in [7, 11) is 0. The zero-order valence-corrected chi connectivity index (χ0v) is 24.2. The van der Waals surface area contributed by atoms with E-state index in [1.165, 1.54) is 5.56 Å². The van der Waals surface area contributed by atoms with Crippen LogP contribution in [0.1, 0.15) is 34.8 Å². The van der Waals surface area contributed by atoms with Gasteiger partial charge < -0.3 is 20.5 Å². The topological polar surface area (TPSA) is 123 Å². The number of rotatable bonds is 7. The summed E-state index contributed by atoms with van der Waals surface area (Å²) in [5, 5.41) is 8.19. The third-order valence-corrected chi connectivity index (χ3v) is 8.47. The van der Waals surface area contributed by atoms with Crippen LogP contribution >= 0.6 is 11.6 Å². The molecule has 218 valence electrons. The van der Waals surface area contributed by atoms with Crippen LogP contribution < -0.4 is 26.4 Å². The molecule has 2 aliphatic heterocycles. The second-order valence-corrected chi connectivity index (χ2v) is 11.4. The van der Waals surface area contributed by atoms with E-state index in [0.29, 0.717) is 28.3 Å². The van der Waals surface area contributed by atoms with Gasteiger partial charge >= 0.3 is 0 Å². The van der Waals surface area contributed by atoms with Crippen LogP contribution in [0.15, 0.2) is 79.3 Å². The molecule has 11 heteroatoms. The van der Waals surface area contributed by atoms with Crippen LogP contribution in [0.2, 0.25) is 5.02 Å². The molecule has 0 radical (unpaired) electrons. The van der Waals surface area contributed by atoms with E-state index >= 15 is 0 Å². The van der Waals surface area contributed by atoms with Gasteiger partial charge in [-0.05, 0) is 54.8 Å². The highest BCUT2D eigenvalue weighted by Crippen LogP contribution is 2.28. The van der Waals surface area contributed by atoms with Crippen molar-refractivity contribution in [1.29, 1.82) is 0 Å². The number of amides is 1. The summed E-state index contributed by atoms with van der Waals surface area (Å²) < 4.78 is 0. The van der Waals surface area contributed by atoms with E-state index in [2.05, 4.69) is 65.6 Å². The number of hydrogen-bond donors (Lipinski definition) is 5. The maximum Gasteiger partial charge on any atom is 0.267 e. The Morgan fingerprint density at radius 1 is 0.953 bits per heavy atom. The first-order chi connectivity index (χ1) is 21.1. The third-order valence-electron chi connectivity index (χ3n) is 8.18. The molecule has 2 fully saturated rings. The zero-order valence-electron chi connectivity index (χ0n) is 23.5. The van der Waals surface area contributed by atoms with Crippen molar-refractivity contribution in [3.05, 3.63) is 95.5 Å². The number of fused-ring (bicyclic) bond motifs is 1. The van der Waals surface area contributed by atoms with Gasteiger partial charge in [0, 0.05) is 78.9 Å². The Hall–Kier alpha value is -4.51. The van der Waals surface area contributed by atoms with Crippen LogP contribution in [0.3, 0.4) is 0 Å². The lowest BCUT2D eigenvalue weighted by Gasteiger charge is -2.34. The lowest BCUT2D eigenvalue weighted by Crippen LogP contribution is -2.44. The Bertz CT molecular complexity index is 1740. The monoisotopic (exact) mass is 593 g/mol. The normalized spacial score (nSPS) is 16.1. The molecule has 2 aliphatic rings. The molecule has 2 aromatic carbocycles. The molecule has 0 saturated carbocycles. The molecule has 3 aromatic heterocycles. The second kappa shape index (κ2) is 12.0. The van der Waals surface area contributed by atoms with Gasteiger partial charge in [-0.1, -0.05) is 35.9 Å². The van der Waals surface area contributed by atoms with Crippen molar-refractivity contribution >= 4 is 45.6 Å². The van der Waals surface area contributed by atoms with Crippen molar-refractivity contribution in [2.24, 2.45) is 0 Å². The van der Waals surface area contributed by atoms with Gasteiger partial charge in [-0.3, -0.25) is 20.6 Å². The lowest BCUT2D eigenvalue weighted by molar-refractivity contribution is 0.0927. The number of aromatic amines is 1. The summed E-state index contributed by atoms with van der Waals surface area (Å²) >= 11 is 6.32. The molecule has 10 nitrogen and oxygen atoms in total. The molecule has 0 spiro atoms. The zero-order chi connectivity index (χ0) is 29.2. The summed E-state index contributed by atoms with van der Waals surface area (Å²) in [5.41, 5.74) is 11.9. The highest BCUT2D eigenvalue weighted by molar-refractivity contribution is 6.33. The number of aromatic nitrogens is 4. The number of pyridine rings is 1. The number of halogens is 1. The SMILES string of the molecule is O=C(NC1CCN(c2ccncc2Cl)CC1)c1cc2ccc(-c3nccc(Nc4ccc(C5CNNC5)cc4)n3)cc2[nH]1. The van der Waals surface area contributed by atoms with Crippen molar-refractivity contribution in [1.82, 2.24) is 36.1 Å². The van der Waals surface area contributed by atoms with Crippen molar-refractivity contribution in [2.75, 3.05) is 36.4 Å². The number of nitrogens with one attached hydrogen (secondary N) is 5. The van der Waals surface area contributed by atoms with Crippen molar-refractivity contribution in [3.8, 4) is 11.4 Å². The molecule has 5 N–H and O–H groups in total. The molecular weight excluding hydrogens is 562 g/mol. The Morgan fingerprint density at radius 3 is 2.56 bits per heavy atom. The molecule has 0 bridgehead atoms. The van der Waals surface area contributed by atoms with E-state index < -0.39 is 0 Å². The predicted octanol–water partition coefficient (Wildman–Crippen LogP) is 5.01. The van der Waals surface area contributed by atoms with Crippen molar-refractivity contribution < 1.29 is 4.79 Å². The molecule has 43 heavy (non-hydrogen) atoms. The largest absolute Gasteiger partial charge is 0.370 e.